The molecule has 0 spiro atoms. The highest BCUT2D eigenvalue weighted by Gasteiger charge is 2.20. The Labute approximate surface area is 182 Å². The number of amides is 1. The van der Waals surface area contributed by atoms with Crippen LogP contribution >= 0.6 is 0 Å². The molecule has 1 N–H and O–H groups in total. The summed E-state index contributed by atoms with van der Waals surface area (Å²) >= 11 is 0. The molecule has 0 bridgehead atoms. The molecule has 4 rings (SSSR count). The summed E-state index contributed by atoms with van der Waals surface area (Å²) in [6.45, 7) is 3.71. The van der Waals surface area contributed by atoms with Gasteiger partial charge in [0.05, 0.1) is 20.4 Å². The summed E-state index contributed by atoms with van der Waals surface area (Å²) in [6, 6.07) is 19.7. The van der Waals surface area contributed by atoms with Crippen molar-refractivity contribution in [2.75, 3.05) is 19.1 Å². The van der Waals surface area contributed by atoms with Crippen LogP contribution in [-0.4, -0.2) is 26.3 Å². The third kappa shape index (κ3) is 4.53. The van der Waals surface area contributed by atoms with E-state index in [1.54, 1.807) is 26.5 Å². The number of ether oxygens (including phenoxy) is 2. The van der Waals surface area contributed by atoms with Crippen LogP contribution in [0.25, 0.3) is 0 Å². The number of nitrogens with zero attached hydrogens (tertiary/aromatic N) is 2. The highest BCUT2D eigenvalue weighted by molar-refractivity contribution is 5.95. The van der Waals surface area contributed by atoms with Gasteiger partial charge in [0, 0.05) is 36.0 Å². The summed E-state index contributed by atoms with van der Waals surface area (Å²) in [5.41, 5.74) is 8.76. The zero-order valence-corrected chi connectivity index (χ0v) is 17.9. The molecule has 1 aliphatic rings. The Morgan fingerprint density at radius 1 is 0.968 bits per heavy atom. The molecule has 1 heterocycles. The molecule has 1 aliphatic heterocycles. The maximum atomic E-state index is 12.6. The second-order valence-electron chi connectivity index (χ2n) is 7.48. The first-order chi connectivity index (χ1) is 15.1. The van der Waals surface area contributed by atoms with Crippen LogP contribution in [0.1, 0.15) is 32.6 Å². The number of benzene rings is 3. The molecule has 0 aromatic heterocycles. The lowest BCUT2D eigenvalue weighted by Crippen LogP contribution is -2.18. The highest BCUT2D eigenvalue weighted by atomic mass is 16.5. The number of hydrogen-bond donors (Lipinski definition) is 1. The Bertz CT molecular complexity index is 1120. The smallest absolute Gasteiger partial charge is 0.271 e. The lowest BCUT2D eigenvalue weighted by molar-refractivity contribution is 0.0955. The molecule has 31 heavy (non-hydrogen) atoms. The fraction of sp³-hybridized carbons (Fsp3) is 0.200. The van der Waals surface area contributed by atoms with Crippen LogP contribution < -0.4 is 19.8 Å². The number of hydrogen-bond acceptors (Lipinski definition) is 5. The van der Waals surface area contributed by atoms with E-state index in [-0.39, 0.29) is 5.91 Å². The third-order valence-electron chi connectivity index (χ3n) is 5.40. The van der Waals surface area contributed by atoms with Gasteiger partial charge in [-0.3, -0.25) is 4.79 Å². The van der Waals surface area contributed by atoms with Crippen molar-refractivity contribution >= 4 is 17.8 Å². The van der Waals surface area contributed by atoms with Crippen LogP contribution in [0.3, 0.4) is 0 Å². The zero-order valence-electron chi connectivity index (χ0n) is 17.9. The van der Waals surface area contributed by atoms with Crippen LogP contribution in [0.15, 0.2) is 65.8 Å². The molecule has 0 unspecified atom stereocenters. The number of aryl methyl sites for hydroxylation is 1. The lowest BCUT2D eigenvalue weighted by Gasteiger charge is -2.17. The van der Waals surface area contributed by atoms with Crippen molar-refractivity contribution in [1.82, 2.24) is 5.43 Å². The molecular formula is C25H25N3O3. The molecule has 0 aliphatic carbocycles. The molecule has 6 nitrogen and oxygen atoms in total. The Morgan fingerprint density at radius 3 is 2.48 bits per heavy atom. The van der Waals surface area contributed by atoms with Crippen molar-refractivity contribution in [1.29, 1.82) is 0 Å². The fourth-order valence-electron chi connectivity index (χ4n) is 3.62. The molecule has 1 amide bonds. The van der Waals surface area contributed by atoms with E-state index in [1.807, 2.05) is 30.3 Å². The largest absolute Gasteiger partial charge is 0.497 e. The first-order valence-corrected chi connectivity index (χ1v) is 10.1. The fourth-order valence-corrected chi connectivity index (χ4v) is 3.62. The molecular weight excluding hydrogens is 390 g/mol. The molecule has 0 radical (unpaired) electrons. The van der Waals surface area contributed by atoms with E-state index in [4.69, 9.17) is 9.47 Å². The summed E-state index contributed by atoms with van der Waals surface area (Å²) in [5.74, 6) is 1.06. The topological polar surface area (TPSA) is 63.2 Å². The van der Waals surface area contributed by atoms with Crippen LogP contribution in [0.5, 0.6) is 11.5 Å². The van der Waals surface area contributed by atoms with E-state index >= 15 is 0 Å². The molecule has 0 atom stereocenters. The van der Waals surface area contributed by atoms with Gasteiger partial charge < -0.3 is 14.4 Å². The molecule has 6 heteroatoms. The monoisotopic (exact) mass is 415 g/mol. The second kappa shape index (κ2) is 8.92. The number of rotatable bonds is 6. The Balaban J connectivity index is 1.42. The molecule has 158 valence electrons. The van der Waals surface area contributed by atoms with Crippen LogP contribution in [0.4, 0.5) is 5.69 Å². The van der Waals surface area contributed by atoms with Gasteiger partial charge in [-0.15, -0.1) is 0 Å². The van der Waals surface area contributed by atoms with Gasteiger partial charge >= 0.3 is 0 Å². The molecule has 3 aromatic carbocycles. The number of methoxy groups -OCH3 is 2. The van der Waals surface area contributed by atoms with Crippen LogP contribution in [0, 0.1) is 6.92 Å². The van der Waals surface area contributed by atoms with E-state index in [0.717, 1.165) is 24.2 Å². The molecule has 0 saturated heterocycles. The minimum absolute atomic E-state index is 0.250. The van der Waals surface area contributed by atoms with Crippen molar-refractivity contribution < 1.29 is 14.3 Å². The summed E-state index contributed by atoms with van der Waals surface area (Å²) in [4.78, 5) is 14.9. The van der Waals surface area contributed by atoms with E-state index in [1.165, 1.54) is 16.8 Å². The average molecular weight is 415 g/mol. The van der Waals surface area contributed by atoms with Crippen molar-refractivity contribution in [3.63, 3.8) is 0 Å². The van der Waals surface area contributed by atoms with Gasteiger partial charge in [0.15, 0.2) is 0 Å². The standard InChI is InChI=1S/C25H25N3O3/c1-17-4-9-22(10-5-17)28-15-20-7-6-18(12-21(20)16-28)25(29)27-26-14-19-8-11-23(30-2)13-24(19)31-3/h4-14H,15-16H2,1-3H3,(H,27,29)/b26-14-. The molecule has 0 fully saturated rings. The first-order valence-electron chi connectivity index (χ1n) is 10.1. The SMILES string of the molecule is COc1ccc(/C=N\NC(=O)c2ccc3c(c2)CN(c2ccc(C)cc2)C3)c(OC)c1. The van der Waals surface area contributed by atoms with E-state index in [0.29, 0.717) is 17.1 Å². The van der Waals surface area contributed by atoms with Crippen LogP contribution in [-0.2, 0) is 13.1 Å². The third-order valence-corrected chi connectivity index (χ3v) is 5.40. The number of fused-ring (bicyclic) bond motifs is 1. The van der Waals surface area contributed by atoms with Gasteiger partial charge in [0.2, 0.25) is 0 Å². The number of anilines is 1. The first kappa shape index (κ1) is 20.5. The van der Waals surface area contributed by atoms with Crippen molar-refractivity contribution in [2.45, 2.75) is 20.0 Å². The second-order valence-corrected chi connectivity index (χ2v) is 7.48. The predicted octanol–water partition coefficient (Wildman–Crippen LogP) is 4.30. The maximum absolute atomic E-state index is 12.6. The van der Waals surface area contributed by atoms with E-state index < -0.39 is 0 Å². The number of nitrogens with one attached hydrogen (secondary N) is 1. The number of carbonyl (C=O) groups is 1. The van der Waals surface area contributed by atoms with Gasteiger partial charge in [-0.1, -0.05) is 23.8 Å². The van der Waals surface area contributed by atoms with Gasteiger partial charge in [0.25, 0.3) is 5.91 Å². The van der Waals surface area contributed by atoms with Crippen LogP contribution in [0.2, 0.25) is 0 Å². The maximum Gasteiger partial charge on any atom is 0.271 e. The zero-order chi connectivity index (χ0) is 21.8. The Morgan fingerprint density at radius 2 is 1.74 bits per heavy atom. The Hall–Kier alpha value is -3.80. The molecule has 3 aromatic rings. The summed E-state index contributed by atoms with van der Waals surface area (Å²) < 4.78 is 10.5. The minimum atomic E-state index is -0.250. The van der Waals surface area contributed by atoms with Gasteiger partial charge in [0.1, 0.15) is 11.5 Å². The van der Waals surface area contributed by atoms with E-state index in [2.05, 4.69) is 46.6 Å². The average Bonchev–Trinajstić information content (AvgIpc) is 3.23. The normalized spacial score (nSPS) is 12.7. The van der Waals surface area contributed by atoms with Crippen molar-refractivity contribution in [2.24, 2.45) is 5.10 Å². The van der Waals surface area contributed by atoms with Gasteiger partial charge in [-0.25, -0.2) is 5.43 Å². The number of carbonyl (C=O) groups excluding carboxylic acids is 1. The lowest BCUT2D eigenvalue weighted by atomic mass is 10.1. The number of hydrazone groups is 1. The Kier molecular flexibility index (Phi) is 5.89. The summed E-state index contributed by atoms with van der Waals surface area (Å²) in [6.07, 6.45) is 1.56. The summed E-state index contributed by atoms with van der Waals surface area (Å²) in [5, 5.41) is 4.09. The quantitative estimate of drug-likeness (QED) is 0.482. The van der Waals surface area contributed by atoms with E-state index in [9.17, 15) is 4.79 Å². The van der Waals surface area contributed by atoms with Crippen molar-refractivity contribution in [3.05, 3.63) is 88.5 Å². The van der Waals surface area contributed by atoms with Gasteiger partial charge in [-0.05, 0) is 54.4 Å². The highest BCUT2D eigenvalue weighted by Crippen LogP contribution is 2.29. The summed E-state index contributed by atoms with van der Waals surface area (Å²) in [7, 11) is 3.18. The molecule has 0 saturated carbocycles. The van der Waals surface area contributed by atoms with Crippen molar-refractivity contribution in [3.8, 4) is 11.5 Å². The van der Waals surface area contributed by atoms with Gasteiger partial charge in [-0.2, -0.15) is 5.10 Å². The minimum Gasteiger partial charge on any atom is -0.497 e. The predicted molar refractivity (Wildman–Crippen MR) is 122 cm³/mol.